The zero-order chi connectivity index (χ0) is 14.9. The fraction of sp³-hybridized carbons (Fsp3) is 0.286. The van der Waals surface area contributed by atoms with E-state index in [1.165, 1.54) is 30.1 Å². The summed E-state index contributed by atoms with van der Waals surface area (Å²) in [4.78, 5) is 12.6. The number of ether oxygens (including phenoxy) is 1. The lowest BCUT2D eigenvalue weighted by Gasteiger charge is -2.11. The number of nitrogens with zero attached hydrogens (tertiary/aromatic N) is 2. The molecule has 0 aliphatic rings. The molecule has 2 rings (SSSR count). The molecule has 0 saturated carbocycles. The van der Waals surface area contributed by atoms with Crippen molar-refractivity contribution >= 4 is 21.7 Å². The summed E-state index contributed by atoms with van der Waals surface area (Å²) in [5.74, 6) is -0.688. The van der Waals surface area contributed by atoms with Gasteiger partial charge in [0.2, 0.25) is 5.78 Å². The molecule has 0 aliphatic heterocycles. The van der Waals surface area contributed by atoms with E-state index in [1.807, 2.05) is 13.8 Å². The lowest BCUT2D eigenvalue weighted by molar-refractivity contribution is 0.102. The van der Waals surface area contributed by atoms with E-state index in [0.29, 0.717) is 10.2 Å². The minimum Gasteiger partial charge on any atom is -0.493 e. The minimum absolute atomic E-state index is 0.0138. The first-order chi connectivity index (χ1) is 9.45. The summed E-state index contributed by atoms with van der Waals surface area (Å²) in [7, 11) is 1.45. The Balaban J connectivity index is 2.58. The maximum atomic E-state index is 13.9. The van der Waals surface area contributed by atoms with Crippen LogP contribution in [0, 0.1) is 5.82 Å². The Hall–Kier alpha value is -1.69. The molecule has 0 unspecified atom stereocenters. The second-order valence-corrected chi connectivity index (χ2v) is 5.47. The monoisotopic (exact) mass is 340 g/mol. The van der Waals surface area contributed by atoms with E-state index in [4.69, 9.17) is 4.74 Å². The number of aromatic nitrogens is 2. The summed E-state index contributed by atoms with van der Waals surface area (Å²) in [5, 5.41) is 4.12. The van der Waals surface area contributed by atoms with Crippen LogP contribution in [0.4, 0.5) is 4.39 Å². The number of methoxy groups -OCH3 is 1. The van der Waals surface area contributed by atoms with E-state index in [-0.39, 0.29) is 17.3 Å². The van der Waals surface area contributed by atoms with Crippen molar-refractivity contribution < 1.29 is 13.9 Å². The Kier molecular flexibility index (Phi) is 4.23. The summed E-state index contributed by atoms with van der Waals surface area (Å²) < 4.78 is 21.2. The molecule has 0 aliphatic carbocycles. The first kappa shape index (κ1) is 14.7. The van der Waals surface area contributed by atoms with E-state index in [2.05, 4.69) is 21.0 Å². The SMILES string of the molecule is COc1cnn(C(C)C)c1C(=O)c1cc(Br)ccc1F. The third-order valence-electron chi connectivity index (χ3n) is 2.86. The standard InChI is InChI=1S/C14H14BrFN2O2/c1-8(2)18-13(12(20-3)7-17-18)14(19)10-6-9(15)4-5-11(10)16/h4-8H,1-3H3. The van der Waals surface area contributed by atoms with Gasteiger partial charge in [0.1, 0.15) is 5.82 Å². The van der Waals surface area contributed by atoms with Gasteiger partial charge in [-0.25, -0.2) is 4.39 Å². The van der Waals surface area contributed by atoms with E-state index < -0.39 is 11.6 Å². The summed E-state index contributed by atoms with van der Waals surface area (Å²) in [6, 6.07) is 4.21. The van der Waals surface area contributed by atoms with Gasteiger partial charge in [0.15, 0.2) is 11.4 Å². The summed E-state index contributed by atoms with van der Waals surface area (Å²) in [5.41, 5.74) is 0.236. The van der Waals surface area contributed by atoms with Crippen LogP contribution in [0.1, 0.15) is 35.9 Å². The van der Waals surface area contributed by atoms with Gasteiger partial charge in [-0.2, -0.15) is 5.10 Å². The maximum Gasteiger partial charge on any atom is 0.217 e. The second-order valence-electron chi connectivity index (χ2n) is 4.55. The number of rotatable bonds is 4. The molecular formula is C14H14BrFN2O2. The van der Waals surface area contributed by atoms with Crippen LogP contribution in [0.2, 0.25) is 0 Å². The Morgan fingerprint density at radius 2 is 2.15 bits per heavy atom. The van der Waals surface area contributed by atoms with Crippen LogP contribution in [0.5, 0.6) is 5.75 Å². The Morgan fingerprint density at radius 3 is 2.75 bits per heavy atom. The molecule has 0 N–H and O–H groups in total. The Labute approximate surface area is 124 Å². The van der Waals surface area contributed by atoms with Gasteiger partial charge in [-0.15, -0.1) is 0 Å². The molecule has 0 bridgehead atoms. The molecule has 20 heavy (non-hydrogen) atoms. The van der Waals surface area contributed by atoms with Crippen LogP contribution in [0.15, 0.2) is 28.9 Å². The van der Waals surface area contributed by atoms with Crippen molar-refractivity contribution in [1.29, 1.82) is 0 Å². The lowest BCUT2D eigenvalue weighted by atomic mass is 10.1. The van der Waals surface area contributed by atoms with Crippen molar-refractivity contribution in [1.82, 2.24) is 9.78 Å². The molecule has 1 aromatic carbocycles. The number of halogens is 2. The first-order valence-electron chi connectivity index (χ1n) is 6.07. The molecule has 0 radical (unpaired) electrons. The number of carbonyl (C=O) groups is 1. The number of carbonyl (C=O) groups excluding carboxylic acids is 1. The summed E-state index contributed by atoms with van der Waals surface area (Å²) >= 11 is 3.24. The van der Waals surface area contributed by atoms with E-state index in [0.717, 1.165) is 0 Å². The van der Waals surface area contributed by atoms with Gasteiger partial charge in [0.25, 0.3) is 0 Å². The average Bonchev–Trinajstić information content (AvgIpc) is 2.84. The molecule has 6 heteroatoms. The normalized spacial score (nSPS) is 10.9. The van der Waals surface area contributed by atoms with Crippen LogP contribution in [-0.2, 0) is 0 Å². The largest absolute Gasteiger partial charge is 0.493 e. The third-order valence-corrected chi connectivity index (χ3v) is 3.35. The van der Waals surface area contributed by atoms with Crippen LogP contribution in [-0.4, -0.2) is 22.7 Å². The van der Waals surface area contributed by atoms with Crippen LogP contribution in [0.3, 0.4) is 0 Å². The molecule has 106 valence electrons. The first-order valence-corrected chi connectivity index (χ1v) is 6.86. The molecule has 2 aromatic rings. The molecule has 0 fully saturated rings. The molecule has 0 saturated heterocycles. The summed E-state index contributed by atoms with van der Waals surface area (Å²) in [6.07, 6.45) is 1.46. The Bertz CT molecular complexity index is 653. The molecule has 1 aromatic heterocycles. The fourth-order valence-electron chi connectivity index (χ4n) is 1.90. The zero-order valence-electron chi connectivity index (χ0n) is 11.4. The van der Waals surface area contributed by atoms with Crippen molar-refractivity contribution in [2.75, 3.05) is 7.11 Å². The van der Waals surface area contributed by atoms with Gasteiger partial charge in [0.05, 0.1) is 18.9 Å². The number of benzene rings is 1. The minimum atomic E-state index is -0.572. The fourth-order valence-corrected chi connectivity index (χ4v) is 2.26. The molecule has 0 amide bonds. The second kappa shape index (κ2) is 5.75. The van der Waals surface area contributed by atoms with Gasteiger partial charge in [-0.3, -0.25) is 9.48 Å². The van der Waals surface area contributed by atoms with Crippen molar-refractivity contribution in [3.8, 4) is 5.75 Å². The Morgan fingerprint density at radius 1 is 1.45 bits per heavy atom. The predicted molar refractivity (Wildman–Crippen MR) is 76.7 cm³/mol. The summed E-state index contributed by atoms with van der Waals surface area (Å²) in [6.45, 7) is 3.78. The number of hydrogen-bond acceptors (Lipinski definition) is 3. The van der Waals surface area contributed by atoms with E-state index in [1.54, 1.807) is 6.07 Å². The topological polar surface area (TPSA) is 44.1 Å². The predicted octanol–water partition coefficient (Wildman–Crippen LogP) is 3.61. The zero-order valence-corrected chi connectivity index (χ0v) is 12.9. The van der Waals surface area contributed by atoms with Crippen molar-refractivity contribution in [3.05, 3.63) is 45.9 Å². The van der Waals surface area contributed by atoms with Crippen LogP contribution >= 0.6 is 15.9 Å². The van der Waals surface area contributed by atoms with Crippen molar-refractivity contribution in [3.63, 3.8) is 0 Å². The molecule has 1 heterocycles. The van der Waals surface area contributed by atoms with Gasteiger partial charge in [-0.1, -0.05) is 15.9 Å². The molecule has 0 atom stereocenters. The van der Waals surface area contributed by atoms with Crippen molar-refractivity contribution in [2.24, 2.45) is 0 Å². The van der Waals surface area contributed by atoms with Crippen LogP contribution < -0.4 is 4.74 Å². The lowest BCUT2D eigenvalue weighted by Crippen LogP contribution is -2.15. The molecular weight excluding hydrogens is 327 g/mol. The number of ketones is 1. The highest BCUT2D eigenvalue weighted by Crippen LogP contribution is 2.26. The number of hydrogen-bond donors (Lipinski definition) is 0. The highest BCUT2D eigenvalue weighted by molar-refractivity contribution is 9.10. The van der Waals surface area contributed by atoms with Gasteiger partial charge < -0.3 is 4.74 Å². The molecule has 4 nitrogen and oxygen atoms in total. The quantitative estimate of drug-likeness (QED) is 0.798. The molecule has 0 spiro atoms. The highest BCUT2D eigenvalue weighted by Gasteiger charge is 2.24. The average molecular weight is 341 g/mol. The smallest absolute Gasteiger partial charge is 0.217 e. The third kappa shape index (κ3) is 2.60. The van der Waals surface area contributed by atoms with E-state index >= 15 is 0 Å². The van der Waals surface area contributed by atoms with Crippen LogP contribution in [0.25, 0.3) is 0 Å². The maximum absolute atomic E-state index is 13.9. The van der Waals surface area contributed by atoms with Gasteiger partial charge >= 0.3 is 0 Å². The van der Waals surface area contributed by atoms with Crippen molar-refractivity contribution in [2.45, 2.75) is 19.9 Å². The van der Waals surface area contributed by atoms with Gasteiger partial charge in [-0.05, 0) is 32.0 Å². The van der Waals surface area contributed by atoms with Gasteiger partial charge in [0, 0.05) is 10.5 Å². The van der Waals surface area contributed by atoms with E-state index in [9.17, 15) is 9.18 Å². The highest BCUT2D eigenvalue weighted by atomic mass is 79.9.